The smallest absolute Gasteiger partial charge is 0.407 e. The van der Waals surface area contributed by atoms with Crippen molar-refractivity contribution >= 4 is 6.09 Å². The van der Waals surface area contributed by atoms with Crippen LogP contribution in [0.2, 0.25) is 0 Å². The van der Waals surface area contributed by atoms with E-state index in [1.165, 1.54) is 0 Å². The number of amides is 1. The number of rotatable bonds is 1. The Balaban J connectivity index is 1.80. The van der Waals surface area contributed by atoms with Gasteiger partial charge in [-0.15, -0.1) is 0 Å². The monoisotopic (exact) mass is 212 g/mol. The van der Waals surface area contributed by atoms with Gasteiger partial charge in [-0.25, -0.2) is 4.79 Å². The van der Waals surface area contributed by atoms with Crippen LogP contribution in [0.4, 0.5) is 4.79 Å². The highest BCUT2D eigenvalue weighted by atomic mass is 16.6. The third-order valence-electron chi connectivity index (χ3n) is 3.27. The molecule has 0 heterocycles. The summed E-state index contributed by atoms with van der Waals surface area (Å²) in [6, 6.07) is 0.540. The fourth-order valence-corrected chi connectivity index (χ4v) is 2.57. The van der Waals surface area contributed by atoms with Gasteiger partial charge in [0.15, 0.2) is 0 Å². The number of hydrogen-bond donors (Lipinski definition) is 2. The molecule has 3 N–H and O–H groups in total. The maximum Gasteiger partial charge on any atom is 0.407 e. The van der Waals surface area contributed by atoms with Crippen molar-refractivity contribution in [3.63, 3.8) is 0 Å². The van der Waals surface area contributed by atoms with Crippen molar-refractivity contribution in [2.45, 2.75) is 51.3 Å². The first kappa shape index (κ1) is 10.7. The average Bonchev–Trinajstić information content (AvgIpc) is 2.52. The van der Waals surface area contributed by atoms with Crippen molar-refractivity contribution in [1.82, 2.24) is 5.32 Å². The Morgan fingerprint density at radius 3 is 2.53 bits per heavy atom. The minimum absolute atomic E-state index is 0.236. The topological polar surface area (TPSA) is 64.3 Å². The number of fused-ring (bicyclic) bond motifs is 1. The lowest BCUT2D eigenvalue weighted by molar-refractivity contribution is 0.0499. The molecule has 4 nitrogen and oxygen atoms in total. The van der Waals surface area contributed by atoms with Crippen LogP contribution < -0.4 is 11.1 Å². The van der Waals surface area contributed by atoms with E-state index in [-0.39, 0.29) is 12.1 Å². The molecule has 0 aromatic rings. The summed E-state index contributed by atoms with van der Waals surface area (Å²) in [6.07, 6.45) is 1.88. The first-order valence-electron chi connectivity index (χ1n) is 5.63. The second-order valence-electron chi connectivity index (χ2n) is 5.65. The molecule has 1 amide bonds. The number of alkyl carbamates (subject to hydrolysis) is 1. The Morgan fingerprint density at radius 1 is 1.40 bits per heavy atom. The highest BCUT2D eigenvalue weighted by Crippen LogP contribution is 2.50. The molecule has 4 heteroatoms. The van der Waals surface area contributed by atoms with Crippen molar-refractivity contribution in [3.8, 4) is 0 Å². The highest BCUT2D eigenvalue weighted by Gasteiger charge is 2.56. The summed E-state index contributed by atoms with van der Waals surface area (Å²) in [6.45, 7) is 5.60. The normalized spacial score (nSPS) is 38.4. The Labute approximate surface area is 90.5 Å². The van der Waals surface area contributed by atoms with Gasteiger partial charge in [0.25, 0.3) is 0 Å². The number of carbonyl (C=O) groups is 1. The highest BCUT2D eigenvalue weighted by molar-refractivity contribution is 5.68. The second kappa shape index (κ2) is 3.37. The predicted molar refractivity (Wildman–Crippen MR) is 57.3 cm³/mol. The molecule has 15 heavy (non-hydrogen) atoms. The van der Waals surface area contributed by atoms with Gasteiger partial charge < -0.3 is 15.8 Å². The minimum Gasteiger partial charge on any atom is -0.444 e. The van der Waals surface area contributed by atoms with Crippen molar-refractivity contribution < 1.29 is 9.53 Å². The Hall–Kier alpha value is -0.770. The van der Waals surface area contributed by atoms with Crippen molar-refractivity contribution in [1.29, 1.82) is 0 Å². The van der Waals surface area contributed by atoms with Gasteiger partial charge in [0.1, 0.15) is 5.60 Å². The predicted octanol–water partition coefficient (Wildman–Crippen LogP) is 1.25. The van der Waals surface area contributed by atoms with Crippen LogP contribution in [-0.4, -0.2) is 23.8 Å². The van der Waals surface area contributed by atoms with Crippen LogP contribution in [0.3, 0.4) is 0 Å². The molecule has 0 radical (unpaired) electrons. The molecule has 0 saturated heterocycles. The van der Waals surface area contributed by atoms with E-state index >= 15 is 0 Å². The number of nitrogens with two attached hydrogens (primary N) is 1. The van der Waals surface area contributed by atoms with Gasteiger partial charge in [0.2, 0.25) is 0 Å². The molecule has 2 aliphatic rings. The SMILES string of the molecule is CC(C)(C)OC(=O)N[C@@H]1CC[C@H]2[C@H](N)[C@H]21. The van der Waals surface area contributed by atoms with Gasteiger partial charge in [-0.1, -0.05) is 0 Å². The summed E-state index contributed by atoms with van der Waals surface area (Å²) in [4.78, 5) is 11.5. The van der Waals surface area contributed by atoms with Gasteiger partial charge in [-0.05, 0) is 45.4 Å². The molecule has 4 atom stereocenters. The van der Waals surface area contributed by atoms with Crippen molar-refractivity contribution in [2.24, 2.45) is 17.6 Å². The Morgan fingerprint density at radius 2 is 2.07 bits per heavy atom. The lowest BCUT2D eigenvalue weighted by Crippen LogP contribution is -2.40. The van der Waals surface area contributed by atoms with Crippen LogP contribution in [0.15, 0.2) is 0 Å². The molecule has 0 bridgehead atoms. The maximum atomic E-state index is 11.5. The third-order valence-corrected chi connectivity index (χ3v) is 3.27. The maximum absolute atomic E-state index is 11.5. The zero-order valence-electron chi connectivity index (χ0n) is 9.62. The molecule has 2 aliphatic carbocycles. The summed E-state index contributed by atoms with van der Waals surface area (Å²) in [5.74, 6) is 1.14. The van der Waals surface area contributed by atoms with E-state index in [2.05, 4.69) is 5.32 Å². The van der Waals surface area contributed by atoms with E-state index in [9.17, 15) is 4.79 Å². The largest absolute Gasteiger partial charge is 0.444 e. The van der Waals surface area contributed by atoms with E-state index in [0.717, 1.165) is 12.8 Å². The molecular formula is C11H20N2O2. The third kappa shape index (κ3) is 2.25. The van der Waals surface area contributed by atoms with E-state index < -0.39 is 5.60 Å². The van der Waals surface area contributed by atoms with Crippen LogP contribution in [-0.2, 0) is 4.74 Å². The minimum atomic E-state index is -0.423. The first-order valence-corrected chi connectivity index (χ1v) is 5.63. The summed E-state index contributed by atoms with van der Waals surface area (Å²) < 4.78 is 5.21. The first-order chi connectivity index (χ1) is 6.88. The molecular weight excluding hydrogens is 192 g/mol. The van der Waals surface area contributed by atoms with E-state index in [4.69, 9.17) is 10.5 Å². The fourth-order valence-electron chi connectivity index (χ4n) is 2.57. The zero-order chi connectivity index (χ0) is 11.2. The lowest BCUT2D eigenvalue weighted by Gasteiger charge is -2.22. The quantitative estimate of drug-likeness (QED) is 0.687. The summed E-state index contributed by atoms with van der Waals surface area (Å²) in [5.41, 5.74) is 5.45. The summed E-state index contributed by atoms with van der Waals surface area (Å²) >= 11 is 0. The Kier molecular flexibility index (Phi) is 2.41. The average molecular weight is 212 g/mol. The van der Waals surface area contributed by atoms with Gasteiger partial charge in [-0.3, -0.25) is 0 Å². The van der Waals surface area contributed by atoms with Gasteiger partial charge in [-0.2, -0.15) is 0 Å². The van der Waals surface area contributed by atoms with Crippen LogP contribution in [0.1, 0.15) is 33.6 Å². The van der Waals surface area contributed by atoms with Crippen LogP contribution in [0.5, 0.6) is 0 Å². The summed E-state index contributed by atoms with van der Waals surface area (Å²) in [5, 5.41) is 2.92. The van der Waals surface area contributed by atoms with Gasteiger partial charge in [0, 0.05) is 12.1 Å². The zero-order valence-corrected chi connectivity index (χ0v) is 9.62. The van der Waals surface area contributed by atoms with Gasteiger partial charge in [0.05, 0.1) is 0 Å². The van der Waals surface area contributed by atoms with Crippen molar-refractivity contribution in [2.75, 3.05) is 0 Å². The van der Waals surface area contributed by atoms with Crippen molar-refractivity contribution in [3.05, 3.63) is 0 Å². The molecule has 0 aromatic heterocycles. The molecule has 2 fully saturated rings. The summed E-state index contributed by atoms with van der Waals surface area (Å²) in [7, 11) is 0. The number of carbonyl (C=O) groups excluding carboxylic acids is 1. The van der Waals surface area contributed by atoms with E-state index in [0.29, 0.717) is 17.9 Å². The molecule has 0 spiro atoms. The van der Waals surface area contributed by atoms with Crippen LogP contribution in [0, 0.1) is 11.8 Å². The van der Waals surface area contributed by atoms with Crippen LogP contribution >= 0.6 is 0 Å². The fraction of sp³-hybridized carbons (Fsp3) is 0.909. The Bertz CT molecular complexity index is 272. The lowest BCUT2D eigenvalue weighted by atomic mass is 10.1. The number of hydrogen-bond acceptors (Lipinski definition) is 3. The van der Waals surface area contributed by atoms with E-state index in [1.54, 1.807) is 0 Å². The molecule has 0 aliphatic heterocycles. The number of ether oxygens (including phenoxy) is 1. The molecule has 0 aromatic carbocycles. The molecule has 86 valence electrons. The molecule has 2 rings (SSSR count). The van der Waals surface area contributed by atoms with Gasteiger partial charge >= 0.3 is 6.09 Å². The standard InChI is InChI=1S/C11H20N2O2/c1-11(2,3)15-10(14)13-7-5-4-6-8(7)9(6)12/h6-9H,4-5,12H2,1-3H3,(H,13,14)/t6-,7-,8-,9+/m1/s1. The molecule has 2 saturated carbocycles. The van der Waals surface area contributed by atoms with E-state index in [1.807, 2.05) is 20.8 Å². The second-order valence-corrected chi connectivity index (χ2v) is 5.65. The number of nitrogens with one attached hydrogen (secondary N) is 1. The molecule has 0 unspecified atom stereocenters. The van der Waals surface area contributed by atoms with Crippen LogP contribution in [0.25, 0.3) is 0 Å².